The Hall–Kier alpha value is -2.29. The lowest BCUT2D eigenvalue weighted by Crippen LogP contribution is -2.55. The molecule has 2 aromatic rings. The average Bonchev–Trinajstić information content (AvgIpc) is 2.86. The molecular weight excluding hydrogens is 386 g/mol. The van der Waals surface area contributed by atoms with Crippen molar-refractivity contribution in [2.45, 2.75) is 44.7 Å². The molecule has 162 valence electrons. The van der Waals surface area contributed by atoms with E-state index in [0.717, 1.165) is 11.1 Å². The van der Waals surface area contributed by atoms with Gasteiger partial charge in [-0.1, -0.05) is 60.7 Å². The summed E-state index contributed by atoms with van der Waals surface area (Å²) < 4.78 is 17.4. The number of carbonyl (C=O) groups is 1. The molecule has 0 spiro atoms. The highest BCUT2D eigenvalue weighted by Gasteiger charge is 2.42. The smallest absolute Gasteiger partial charge is 0.217 e. The number of aliphatic hydroxyl groups excluding tert-OH is 2. The van der Waals surface area contributed by atoms with Crippen molar-refractivity contribution in [2.24, 2.45) is 5.92 Å². The van der Waals surface area contributed by atoms with E-state index in [-0.39, 0.29) is 31.6 Å². The van der Waals surface area contributed by atoms with Crippen LogP contribution < -0.4 is 5.32 Å². The van der Waals surface area contributed by atoms with Gasteiger partial charge in [-0.05, 0) is 11.1 Å². The molecule has 30 heavy (non-hydrogen) atoms. The Labute approximate surface area is 176 Å². The number of benzene rings is 2. The highest BCUT2D eigenvalue weighted by Crippen LogP contribution is 2.24. The average molecular weight is 415 g/mol. The SMILES string of the molecule is CC(=O)NC1C(O)[C@H](OCc2ccccc2)C(COCc2ccccc2)CO[C@H]1O. The fourth-order valence-corrected chi connectivity index (χ4v) is 3.51. The molecule has 1 saturated heterocycles. The monoisotopic (exact) mass is 415 g/mol. The van der Waals surface area contributed by atoms with Crippen molar-refractivity contribution in [3.05, 3.63) is 71.8 Å². The van der Waals surface area contributed by atoms with E-state index in [1.807, 2.05) is 60.7 Å². The largest absolute Gasteiger partial charge is 0.388 e. The van der Waals surface area contributed by atoms with Crippen LogP contribution in [0.25, 0.3) is 0 Å². The van der Waals surface area contributed by atoms with Crippen molar-refractivity contribution in [1.82, 2.24) is 5.32 Å². The molecule has 0 radical (unpaired) electrons. The summed E-state index contributed by atoms with van der Waals surface area (Å²) in [5.74, 6) is -0.705. The van der Waals surface area contributed by atoms with Crippen LogP contribution in [0.4, 0.5) is 0 Å². The lowest BCUT2D eigenvalue weighted by atomic mass is 9.95. The number of carbonyl (C=O) groups excluding carboxylic acids is 1. The summed E-state index contributed by atoms with van der Waals surface area (Å²) in [6.45, 7) is 2.41. The first-order chi connectivity index (χ1) is 14.5. The van der Waals surface area contributed by atoms with E-state index in [1.54, 1.807) is 0 Å². The molecule has 1 heterocycles. The molecule has 5 atom stereocenters. The summed E-state index contributed by atoms with van der Waals surface area (Å²) in [5, 5.41) is 23.8. The molecule has 3 unspecified atom stereocenters. The minimum Gasteiger partial charge on any atom is -0.388 e. The Bertz CT molecular complexity index is 772. The van der Waals surface area contributed by atoms with Crippen LogP contribution in [0.2, 0.25) is 0 Å². The Morgan fingerprint density at radius 1 is 1.03 bits per heavy atom. The zero-order chi connectivity index (χ0) is 21.3. The normalized spacial score (nSPS) is 26.7. The molecule has 7 nitrogen and oxygen atoms in total. The zero-order valence-electron chi connectivity index (χ0n) is 17.0. The third-order valence-electron chi connectivity index (χ3n) is 5.06. The molecule has 1 amide bonds. The summed E-state index contributed by atoms with van der Waals surface area (Å²) in [4.78, 5) is 11.6. The van der Waals surface area contributed by atoms with Gasteiger partial charge in [-0.3, -0.25) is 4.79 Å². The quantitative estimate of drug-likeness (QED) is 0.606. The molecule has 3 rings (SSSR count). The Kier molecular flexibility index (Phi) is 8.36. The maximum absolute atomic E-state index is 11.6. The van der Waals surface area contributed by atoms with Gasteiger partial charge in [0.1, 0.15) is 12.1 Å². The first-order valence-electron chi connectivity index (χ1n) is 10.1. The van der Waals surface area contributed by atoms with E-state index < -0.39 is 24.5 Å². The fraction of sp³-hybridized carbons (Fsp3) is 0.435. The standard InChI is InChI=1S/C23H29NO6/c1-16(25)24-20-21(26)22(29-13-18-10-6-3-7-11-18)19(15-30-23(20)27)14-28-12-17-8-4-2-5-9-17/h2-11,19-23,26-27H,12-15H2,1H3,(H,24,25)/t19?,20?,21?,22-,23-/m1/s1. The van der Waals surface area contributed by atoms with Crippen LogP contribution in [0.15, 0.2) is 60.7 Å². The number of amides is 1. The van der Waals surface area contributed by atoms with Gasteiger partial charge < -0.3 is 29.7 Å². The third-order valence-corrected chi connectivity index (χ3v) is 5.06. The van der Waals surface area contributed by atoms with Crippen LogP contribution in [-0.4, -0.2) is 53.9 Å². The lowest BCUT2D eigenvalue weighted by Gasteiger charge is -2.32. The fourth-order valence-electron chi connectivity index (χ4n) is 3.51. The van der Waals surface area contributed by atoms with Crippen molar-refractivity contribution in [1.29, 1.82) is 0 Å². The molecule has 1 fully saturated rings. The van der Waals surface area contributed by atoms with E-state index in [4.69, 9.17) is 14.2 Å². The molecule has 0 bridgehead atoms. The number of aliphatic hydroxyl groups is 2. The maximum atomic E-state index is 11.6. The summed E-state index contributed by atoms with van der Waals surface area (Å²) in [5.41, 5.74) is 1.99. The highest BCUT2D eigenvalue weighted by atomic mass is 16.6. The van der Waals surface area contributed by atoms with Crippen LogP contribution in [0.5, 0.6) is 0 Å². The van der Waals surface area contributed by atoms with Crippen LogP contribution in [0.3, 0.4) is 0 Å². The summed E-state index contributed by atoms with van der Waals surface area (Å²) >= 11 is 0. The second kappa shape index (κ2) is 11.2. The Morgan fingerprint density at radius 2 is 1.63 bits per heavy atom. The number of hydrogen-bond acceptors (Lipinski definition) is 6. The predicted octanol–water partition coefficient (Wildman–Crippen LogP) is 1.62. The molecule has 7 heteroatoms. The van der Waals surface area contributed by atoms with Crippen molar-refractivity contribution < 1.29 is 29.2 Å². The van der Waals surface area contributed by atoms with Gasteiger partial charge in [-0.2, -0.15) is 0 Å². The summed E-state index contributed by atoms with van der Waals surface area (Å²) in [7, 11) is 0. The molecule has 1 aliphatic heterocycles. The van der Waals surface area contributed by atoms with Crippen molar-refractivity contribution in [3.8, 4) is 0 Å². The van der Waals surface area contributed by atoms with Crippen LogP contribution >= 0.6 is 0 Å². The Morgan fingerprint density at radius 3 is 2.23 bits per heavy atom. The minimum atomic E-state index is -1.34. The first-order valence-corrected chi connectivity index (χ1v) is 10.1. The second-order valence-electron chi connectivity index (χ2n) is 7.46. The van der Waals surface area contributed by atoms with Gasteiger partial charge in [-0.25, -0.2) is 0 Å². The summed E-state index contributed by atoms with van der Waals surface area (Å²) in [6.07, 6.45) is -3.21. The topological polar surface area (TPSA) is 97.3 Å². The van der Waals surface area contributed by atoms with Gasteiger partial charge in [0.05, 0.1) is 32.5 Å². The number of hydrogen-bond donors (Lipinski definition) is 3. The van der Waals surface area contributed by atoms with E-state index >= 15 is 0 Å². The number of nitrogens with one attached hydrogen (secondary N) is 1. The van der Waals surface area contributed by atoms with Crippen LogP contribution in [0, 0.1) is 5.92 Å². The van der Waals surface area contributed by atoms with Crippen molar-refractivity contribution in [3.63, 3.8) is 0 Å². The predicted molar refractivity (Wildman–Crippen MR) is 110 cm³/mol. The van der Waals surface area contributed by atoms with Gasteiger partial charge in [0.25, 0.3) is 0 Å². The van der Waals surface area contributed by atoms with Gasteiger partial charge >= 0.3 is 0 Å². The number of ether oxygens (including phenoxy) is 3. The van der Waals surface area contributed by atoms with Gasteiger partial charge in [-0.15, -0.1) is 0 Å². The first kappa shape index (κ1) is 22.4. The Balaban J connectivity index is 1.70. The molecule has 1 aliphatic rings. The van der Waals surface area contributed by atoms with E-state index in [1.165, 1.54) is 6.92 Å². The van der Waals surface area contributed by atoms with Gasteiger partial charge in [0, 0.05) is 12.8 Å². The minimum absolute atomic E-state index is 0.128. The van der Waals surface area contributed by atoms with Crippen LogP contribution in [-0.2, 0) is 32.2 Å². The number of rotatable bonds is 8. The van der Waals surface area contributed by atoms with Gasteiger partial charge in [0.2, 0.25) is 5.91 Å². The second-order valence-corrected chi connectivity index (χ2v) is 7.46. The van der Waals surface area contributed by atoms with E-state index in [0.29, 0.717) is 6.61 Å². The molecule has 3 N–H and O–H groups in total. The lowest BCUT2D eigenvalue weighted by molar-refractivity contribution is -0.144. The molecule has 0 saturated carbocycles. The van der Waals surface area contributed by atoms with Crippen LogP contribution in [0.1, 0.15) is 18.1 Å². The molecule has 0 aliphatic carbocycles. The van der Waals surface area contributed by atoms with Crippen molar-refractivity contribution >= 4 is 5.91 Å². The van der Waals surface area contributed by atoms with Gasteiger partial charge in [0.15, 0.2) is 6.29 Å². The van der Waals surface area contributed by atoms with E-state index in [2.05, 4.69) is 5.32 Å². The zero-order valence-corrected chi connectivity index (χ0v) is 17.0. The van der Waals surface area contributed by atoms with E-state index in [9.17, 15) is 15.0 Å². The molecule has 2 aromatic carbocycles. The summed E-state index contributed by atoms with van der Waals surface area (Å²) in [6, 6.07) is 18.4. The molecular formula is C23H29NO6. The third kappa shape index (κ3) is 6.35. The maximum Gasteiger partial charge on any atom is 0.217 e. The molecule has 0 aromatic heterocycles. The van der Waals surface area contributed by atoms with Crippen molar-refractivity contribution in [2.75, 3.05) is 13.2 Å². The highest BCUT2D eigenvalue weighted by molar-refractivity contribution is 5.73.